The number of thiophene rings is 1. The first kappa shape index (κ1) is 19.3. The van der Waals surface area contributed by atoms with Crippen LogP contribution in [-0.2, 0) is 17.0 Å². The lowest BCUT2D eigenvalue weighted by Crippen LogP contribution is -2.32. The zero-order chi connectivity index (χ0) is 19.5. The van der Waals surface area contributed by atoms with Crippen LogP contribution in [0.25, 0.3) is 10.8 Å². The molecule has 0 spiro atoms. The van der Waals surface area contributed by atoms with Crippen LogP contribution in [0.5, 0.6) is 0 Å². The Morgan fingerprint density at radius 1 is 1.32 bits per heavy atom. The van der Waals surface area contributed by atoms with Gasteiger partial charge in [-0.2, -0.15) is 0 Å². The van der Waals surface area contributed by atoms with Gasteiger partial charge in [0.2, 0.25) is 11.8 Å². The van der Waals surface area contributed by atoms with Crippen molar-refractivity contribution >= 4 is 29.0 Å². The topological polar surface area (TPSA) is 55.1 Å². The van der Waals surface area contributed by atoms with Gasteiger partial charge in [0.15, 0.2) is 0 Å². The Labute approximate surface area is 173 Å². The highest BCUT2D eigenvalue weighted by Gasteiger charge is 2.21. The molecule has 0 bridgehead atoms. The highest BCUT2D eigenvalue weighted by atomic mass is 32.2. The largest absolute Gasteiger partial charge is 0.440 e. The number of thioether (sulfide) groups is 1. The molecule has 0 saturated carbocycles. The van der Waals surface area contributed by atoms with Crippen molar-refractivity contribution in [3.05, 3.63) is 63.9 Å². The van der Waals surface area contributed by atoms with E-state index in [1.54, 1.807) is 23.1 Å². The summed E-state index contributed by atoms with van der Waals surface area (Å²) in [6.45, 7) is 4.00. The molecule has 1 atom stereocenters. The standard InChI is InChI=1S/C22H24N2O2S2/c1-14-10-11-28-21(14)22-24-19(15(2)26-22)12-27-13-20(25)23-18-9-5-7-16-6-3-4-8-17(16)18/h3-4,6,8,10-11,18H,5,7,9,12-13H2,1-2H3,(H,23,25)/t18-/m1/s1. The van der Waals surface area contributed by atoms with Crippen LogP contribution in [0.3, 0.4) is 0 Å². The summed E-state index contributed by atoms with van der Waals surface area (Å²) < 4.78 is 5.84. The highest BCUT2D eigenvalue weighted by Crippen LogP contribution is 2.31. The Bertz CT molecular complexity index is 977. The Morgan fingerprint density at radius 2 is 2.18 bits per heavy atom. The minimum absolute atomic E-state index is 0.0853. The number of aryl methyl sites for hydroxylation is 3. The molecule has 1 aliphatic rings. The highest BCUT2D eigenvalue weighted by molar-refractivity contribution is 7.99. The third-order valence-electron chi connectivity index (χ3n) is 5.13. The third kappa shape index (κ3) is 4.18. The van der Waals surface area contributed by atoms with Crippen LogP contribution >= 0.6 is 23.1 Å². The van der Waals surface area contributed by atoms with Gasteiger partial charge in [0, 0.05) is 5.75 Å². The predicted molar refractivity (Wildman–Crippen MR) is 116 cm³/mol. The average Bonchev–Trinajstić information content (AvgIpc) is 3.27. The van der Waals surface area contributed by atoms with Gasteiger partial charge in [0.05, 0.1) is 22.4 Å². The third-order valence-corrected chi connectivity index (χ3v) is 7.07. The van der Waals surface area contributed by atoms with Crippen LogP contribution in [0, 0.1) is 13.8 Å². The number of oxazole rings is 1. The van der Waals surface area contributed by atoms with Crippen LogP contribution in [0.4, 0.5) is 0 Å². The summed E-state index contributed by atoms with van der Waals surface area (Å²) in [5, 5.41) is 5.26. The van der Waals surface area contributed by atoms with Crippen molar-refractivity contribution in [3.8, 4) is 10.8 Å². The van der Waals surface area contributed by atoms with Crippen molar-refractivity contribution in [2.45, 2.75) is 44.9 Å². The summed E-state index contributed by atoms with van der Waals surface area (Å²) in [5.74, 6) is 2.70. The number of hydrogen-bond acceptors (Lipinski definition) is 5. The number of benzene rings is 1. The van der Waals surface area contributed by atoms with Gasteiger partial charge in [-0.25, -0.2) is 4.98 Å². The maximum atomic E-state index is 12.5. The van der Waals surface area contributed by atoms with Gasteiger partial charge in [-0.3, -0.25) is 4.79 Å². The molecule has 1 aromatic carbocycles. The minimum atomic E-state index is 0.0853. The second-order valence-electron chi connectivity index (χ2n) is 7.16. The van der Waals surface area contributed by atoms with E-state index < -0.39 is 0 Å². The monoisotopic (exact) mass is 412 g/mol. The molecule has 0 saturated heterocycles. The lowest BCUT2D eigenvalue weighted by atomic mass is 9.88. The molecule has 1 aliphatic carbocycles. The van der Waals surface area contributed by atoms with E-state index in [1.165, 1.54) is 16.7 Å². The van der Waals surface area contributed by atoms with Crippen molar-refractivity contribution in [1.29, 1.82) is 0 Å². The minimum Gasteiger partial charge on any atom is -0.440 e. The SMILES string of the molecule is Cc1ccsc1-c1nc(CSCC(=O)N[C@@H]2CCCc3ccccc32)c(C)o1. The zero-order valence-corrected chi connectivity index (χ0v) is 17.8. The first-order valence-electron chi connectivity index (χ1n) is 9.57. The predicted octanol–water partition coefficient (Wildman–Crippen LogP) is 5.45. The first-order valence-corrected chi connectivity index (χ1v) is 11.6. The van der Waals surface area contributed by atoms with Crippen molar-refractivity contribution in [1.82, 2.24) is 10.3 Å². The summed E-state index contributed by atoms with van der Waals surface area (Å²) in [7, 11) is 0. The van der Waals surface area contributed by atoms with Gasteiger partial charge >= 0.3 is 0 Å². The summed E-state index contributed by atoms with van der Waals surface area (Å²) >= 11 is 3.22. The van der Waals surface area contributed by atoms with Crippen molar-refractivity contribution in [2.75, 3.05) is 5.75 Å². The molecular weight excluding hydrogens is 388 g/mol. The number of carbonyl (C=O) groups excluding carboxylic acids is 1. The van der Waals surface area contributed by atoms with Crippen LogP contribution in [0.15, 0.2) is 40.1 Å². The fourth-order valence-corrected chi connectivity index (χ4v) is 5.31. The number of fused-ring (bicyclic) bond motifs is 1. The second-order valence-corrected chi connectivity index (χ2v) is 9.06. The molecule has 0 radical (unpaired) electrons. The molecule has 4 rings (SSSR count). The van der Waals surface area contributed by atoms with E-state index in [-0.39, 0.29) is 11.9 Å². The summed E-state index contributed by atoms with van der Waals surface area (Å²) in [5.41, 5.74) is 4.73. The molecule has 4 nitrogen and oxygen atoms in total. The Kier molecular flexibility index (Phi) is 5.87. The number of aromatic nitrogens is 1. The zero-order valence-electron chi connectivity index (χ0n) is 16.2. The molecule has 3 aromatic rings. The molecule has 0 aliphatic heterocycles. The van der Waals surface area contributed by atoms with Crippen molar-refractivity contribution < 1.29 is 9.21 Å². The number of hydrogen-bond donors (Lipinski definition) is 1. The number of amides is 1. The average molecular weight is 413 g/mol. The quantitative estimate of drug-likeness (QED) is 0.585. The molecule has 2 heterocycles. The smallest absolute Gasteiger partial charge is 0.237 e. The maximum Gasteiger partial charge on any atom is 0.237 e. The van der Waals surface area contributed by atoms with Crippen LogP contribution in [0.2, 0.25) is 0 Å². The van der Waals surface area contributed by atoms with E-state index in [1.807, 2.05) is 12.3 Å². The van der Waals surface area contributed by atoms with Crippen molar-refractivity contribution in [3.63, 3.8) is 0 Å². The van der Waals surface area contributed by atoms with Crippen molar-refractivity contribution in [2.24, 2.45) is 0 Å². The van der Waals surface area contributed by atoms with Gasteiger partial charge in [-0.05, 0) is 61.2 Å². The fraction of sp³-hybridized carbons (Fsp3) is 0.364. The summed E-state index contributed by atoms with van der Waals surface area (Å²) in [4.78, 5) is 18.2. The van der Waals surface area contributed by atoms with Crippen LogP contribution < -0.4 is 5.32 Å². The lowest BCUT2D eigenvalue weighted by Gasteiger charge is -2.26. The molecular formula is C22H24N2O2S2. The van der Waals surface area contributed by atoms with E-state index >= 15 is 0 Å². The lowest BCUT2D eigenvalue weighted by molar-refractivity contribution is -0.119. The fourth-order valence-electron chi connectivity index (χ4n) is 3.63. The van der Waals surface area contributed by atoms with E-state index in [0.717, 1.165) is 35.6 Å². The van der Waals surface area contributed by atoms with Crippen LogP contribution in [-0.4, -0.2) is 16.6 Å². The summed E-state index contributed by atoms with van der Waals surface area (Å²) in [6, 6.07) is 10.6. The Morgan fingerprint density at radius 3 is 3.00 bits per heavy atom. The molecule has 0 fully saturated rings. The molecule has 6 heteroatoms. The van der Waals surface area contributed by atoms with Gasteiger partial charge in [-0.1, -0.05) is 24.3 Å². The molecule has 0 unspecified atom stereocenters. The number of carbonyl (C=O) groups is 1. The van der Waals surface area contributed by atoms with Crippen LogP contribution in [0.1, 0.15) is 47.0 Å². The Balaban J connectivity index is 1.32. The van der Waals surface area contributed by atoms with E-state index in [0.29, 0.717) is 17.4 Å². The number of nitrogens with zero attached hydrogens (tertiary/aromatic N) is 1. The van der Waals surface area contributed by atoms with Gasteiger partial charge in [0.25, 0.3) is 0 Å². The Hall–Kier alpha value is -2.05. The summed E-state index contributed by atoms with van der Waals surface area (Å²) in [6.07, 6.45) is 3.24. The molecule has 146 valence electrons. The second kappa shape index (κ2) is 8.53. The van der Waals surface area contributed by atoms with Gasteiger partial charge in [0.1, 0.15) is 5.76 Å². The number of nitrogens with one attached hydrogen (secondary N) is 1. The van der Waals surface area contributed by atoms with E-state index in [9.17, 15) is 4.79 Å². The first-order chi connectivity index (χ1) is 13.6. The molecule has 2 aromatic heterocycles. The number of rotatable bonds is 6. The molecule has 1 amide bonds. The maximum absolute atomic E-state index is 12.5. The molecule has 28 heavy (non-hydrogen) atoms. The normalized spacial score (nSPS) is 16.0. The van der Waals surface area contributed by atoms with Gasteiger partial charge < -0.3 is 9.73 Å². The molecule has 1 N–H and O–H groups in total. The van der Waals surface area contributed by atoms with E-state index in [2.05, 4.69) is 47.6 Å². The van der Waals surface area contributed by atoms with Gasteiger partial charge in [-0.15, -0.1) is 23.1 Å². The van der Waals surface area contributed by atoms with E-state index in [4.69, 9.17) is 4.42 Å².